The van der Waals surface area contributed by atoms with Gasteiger partial charge in [-0.3, -0.25) is 9.89 Å². The van der Waals surface area contributed by atoms with Crippen LogP contribution in [0.15, 0.2) is 70.8 Å². The highest BCUT2D eigenvalue weighted by Gasteiger charge is 2.32. The molecule has 4 rings (SSSR count). The average molecular weight is 393 g/mol. The number of hydrogen-bond acceptors (Lipinski definition) is 5. The standard InChI is InChI=1S/C21H24N6S/c22-25-24-19(17-7-3-1-4-8-17)20(18-9-5-2-6-10-18)26-12-14-27(15-13-26)21-23-11-16-28-21/h1-10,19-20H,11-16H2/t19-,20+/m0/s1. The summed E-state index contributed by atoms with van der Waals surface area (Å²) in [5.41, 5.74) is 11.5. The zero-order valence-corrected chi connectivity index (χ0v) is 16.6. The van der Waals surface area contributed by atoms with Gasteiger partial charge in [0.05, 0.1) is 12.6 Å². The second kappa shape index (κ2) is 9.15. The quantitative estimate of drug-likeness (QED) is 0.427. The lowest BCUT2D eigenvalue weighted by Gasteiger charge is -2.42. The number of hydrogen-bond donors (Lipinski definition) is 0. The number of azide groups is 1. The van der Waals surface area contributed by atoms with E-state index in [1.807, 2.05) is 36.0 Å². The molecule has 144 valence electrons. The summed E-state index contributed by atoms with van der Waals surface area (Å²) in [6.45, 7) is 4.67. The molecule has 0 radical (unpaired) electrons. The Morgan fingerprint density at radius 1 is 0.929 bits per heavy atom. The molecule has 0 aliphatic carbocycles. The van der Waals surface area contributed by atoms with Crippen LogP contribution < -0.4 is 0 Å². The Labute approximate surface area is 169 Å². The predicted octanol–water partition coefficient (Wildman–Crippen LogP) is 4.50. The molecule has 2 aromatic carbocycles. The first kappa shape index (κ1) is 18.9. The summed E-state index contributed by atoms with van der Waals surface area (Å²) in [6, 6.07) is 20.3. The van der Waals surface area contributed by atoms with E-state index < -0.39 is 0 Å². The largest absolute Gasteiger partial charge is 0.349 e. The molecule has 2 aliphatic heterocycles. The molecule has 0 aromatic heterocycles. The number of aliphatic imine (C=N–C) groups is 1. The summed E-state index contributed by atoms with van der Waals surface area (Å²) in [5, 5.41) is 5.43. The zero-order valence-electron chi connectivity index (χ0n) is 15.8. The molecule has 0 saturated carbocycles. The van der Waals surface area contributed by atoms with Crippen molar-refractivity contribution in [2.24, 2.45) is 10.1 Å². The molecule has 0 unspecified atom stereocenters. The fraction of sp³-hybridized carbons (Fsp3) is 0.381. The van der Waals surface area contributed by atoms with Crippen LogP contribution in [0.1, 0.15) is 23.2 Å². The summed E-state index contributed by atoms with van der Waals surface area (Å²) in [5.74, 6) is 1.09. The first-order valence-corrected chi connectivity index (χ1v) is 10.7. The van der Waals surface area contributed by atoms with Gasteiger partial charge in [0.15, 0.2) is 5.17 Å². The van der Waals surface area contributed by atoms with Crippen molar-refractivity contribution in [2.75, 3.05) is 38.5 Å². The van der Waals surface area contributed by atoms with Gasteiger partial charge in [0.25, 0.3) is 0 Å². The molecule has 2 aliphatic rings. The van der Waals surface area contributed by atoms with Gasteiger partial charge < -0.3 is 4.90 Å². The van der Waals surface area contributed by atoms with E-state index in [0.717, 1.165) is 44.0 Å². The minimum atomic E-state index is -0.265. The van der Waals surface area contributed by atoms with Crippen molar-refractivity contribution >= 4 is 16.9 Å². The van der Waals surface area contributed by atoms with Crippen LogP contribution >= 0.6 is 11.8 Å². The van der Waals surface area contributed by atoms with E-state index in [-0.39, 0.29) is 12.1 Å². The minimum absolute atomic E-state index is 0.0137. The van der Waals surface area contributed by atoms with Crippen molar-refractivity contribution in [1.82, 2.24) is 9.80 Å². The van der Waals surface area contributed by atoms with E-state index in [1.165, 1.54) is 10.7 Å². The van der Waals surface area contributed by atoms with Crippen molar-refractivity contribution in [1.29, 1.82) is 0 Å². The molecule has 1 saturated heterocycles. The maximum Gasteiger partial charge on any atom is 0.159 e. The second-order valence-corrected chi connectivity index (χ2v) is 8.01. The maximum absolute atomic E-state index is 9.29. The van der Waals surface area contributed by atoms with Crippen LogP contribution in [0.5, 0.6) is 0 Å². The normalized spacial score (nSPS) is 19.6. The molecule has 2 atom stereocenters. The third kappa shape index (κ3) is 4.17. The molecule has 2 heterocycles. The zero-order chi connectivity index (χ0) is 19.2. The number of nitrogens with zero attached hydrogens (tertiary/aromatic N) is 6. The van der Waals surface area contributed by atoms with Crippen LogP contribution in [-0.2, 0) is 0 Å². The van der Waals surface area contributed by atoms with E-state index >= 15 is 0 Å². The second-order valence-electron chi connectivity index (χ2n) is 6.95. The van der Waals surface area contributed by atoms with Crippen LogP contribution in [0.2, 0.25) is 0 Å². The lowest BCUT2D eigenvalue weighted by molar-refractivity contribution is 0.117. The Bertz CT molecular complexity index is 842. The van der Waals surface area contributed by atoms with Crippen LogP contribution in [0, 0.1) is 0 Å². The highest BCUT2D eigenvalue weighted by molar-refractivity contribution is 8.14. The lowest BCUT2D eigenvalue weighted by Crippen LogP contribution is -2.49. The third-order valence-electron chi connectivity index (χ3n) is 5.30. The molecule has 0 N–H and O–H groups in total. The molecule has 0 bridgehead atoms. The van der Waals surface area contributed by atoms with Gasteiger partial charge in [-0.1, -0.05) is 77.5 Å². The van der Waals surface area contributed by atoms with Crippen molar-refractivity contribution in [3.8, 4) is 0 Å². The Balaban J connectivity index is 1.62. The number of benzene rings is 2. The monoisotopic (exact) mass is 392 g/mol. The minimum Gasteiger partial charge on any atom is -0.349 e. The highest BCUT2D eigenvalue weighted by Crippen LogP contribution is 2.38. The van der Waals surface area contributed by atoms with Gasteiger partial charge >= 0.3 is 0 Å². The number of rotatable bonds is 5. The third-order valence-corrected chi connectivity index (χ3v) is 6.34. The Morgan fingerprint density at radius 2 is 1.57 bits per heavy atom. The van der Waals surface area contributed by atoms with Gasteiger partial charge in [-0.05, 0) is 16.7 Å². The van der Waals surface area contributed by atoms with Gasteiger partial charge in [-0.2, -0.15) is 0 Å². The summed E-state index contributed by atoms with van der Waals surface area (Å²) >= 11 is 1.86. The molecular formula is C21H24N6S. The van der Waals surface area contributed by atoms with Crippen LogP contribution in [0.3, 0.4) is 0 Å². The van der Waals surface area contributed by atoms with Gasteiger partial charge in [0, 0.05) is 42.9 Å². The summed E-state index contributed by atoms with van der Waals surface area (Å²) in [6.07, 6.45) is 0. The predicted molar refractivity (Wildman–Crippen MR) is 115 cm³/mol. The first-order valence-electron chi connectivity index (χ1n) is 9.67. The molecule has 7 heteroatoms. The molecule has 6 nitrogen and oxygen atoms in total. The van der Waals surface area contributed by atoms with Crippen LogP contribution in [0.4, 0.5) is 0 Å². The van der Waals surface area contributed by atoms with E-state index in [9.17, 15) is 5.53 Å². The fourth-order valence-electron chi connectivity index (χ4n) is 3.97. The SMILES string of the molecule is [N-]=[N+]=N[C@@H](c1ccccc1)[C@@H](c1ccccc1)N1CCN(C2=NCCS2)CC1. The van der Waals surface area contributed by atoms with E-state index in [1.54, 1.807) is 0 Å². The Hall–Kier alpha value is -2.47. The topological polar surface area (TPSA) is 67.6 Å². The van der Waals surface area contributed by atoms with E-state index in [4.69, 9.17) is 0 Å². The molecular weight excluding hydrogens is 368 g/mol. The molecule has 2 aromatic rings. The highest BCUT2D eigenvalue weighted by atomic mass is 32.2. The summed E-state index contributed by atoms with van der Waals surface area (Å²) < 4.78 is 0. The summed E-state index contributed by atoms with van der Waals surface area (Å²) in [7, 11) is 0. The Morgan fingerprint density at radius 3 is 2.14 bits per heavy atom. The maximum atomic E-state index is 9.29. The van der Waals surface area contributed by atoms with Crippen molar-refractivity contribution in [2.45, 2.75) is 12.1 Å². The van der Waals surface area contributed by atoms with Crippen molar-refractivity contribution in [3.05, 3.63) is 82.2 Å². The average Bonchev–Trinajstić information content (AvgIpc) is 3.30. The van der Waals surface area contributed by atoms with Gasteiger partial charge in [-0.15, -0.1) is 0 Å². The van der Waals surface area contributed by atoms with Crippen molar-refractivity contribution in [3.63, 3.8) is 0 Å². The van der Waals surface area contributed by atoms with E-state index in [2.05, 4.69) is 61.2 Å². The number of amidine groups is 1. The van der Waals surface area contributed by atoms with Gasteiger partial charge in [-0.25, -0.2) is 0 Å². The van der Waals surface area contributed by atoms with Gasteiger partial charge in [0.2, 0.25) is 0 Å². The van der Waals surface area contributed by atoms with Crippen LogP contribution in [-0.4, -0.2) is 53.4 Å². The molecule has 0 amide bonds. The smallest absolute Gasteiger partial charge is 0.159 e. The number of thioether (sulfide) groups is 1. The van der Waals surface area contributed by atoms with Crippen molar-refractivity contribution < 1.29 is 0 Å². The lowest BCUT2D eigenvalue weighted by atomic mass is 9.92. The van der Waals surface area contributed by atoms with Gasteiger partial charge in [0.1, 0.15) is 0 Å². The first-order chi connectivity index (χ1) is 13.9. The molecule has 0 spiro atoms. The van der Waals surface area contributed by atoms with Crippen LogP contribution in [0.25, 0.3) is 10.4 Å². The Kier molecular flexibility index (Phi) is 6.17. The molecule has 1 fully saturated rings. The summed E-state index contributed by atoms with van der Waals surface area (Å²) in [4.78, 5) is 12.7. The molecule has 28 heavy (non-hydrogen) atoms. The number of piperazine rings is 1. The van der Waals surface area contributed by atoms with E-state index in [0.29, 0.717) is 0 Å². The fourth-order valence-corrected chi connectivity index (χ4v) is 4.88.